The Balaban J connectivity index is 2.46. The van der Waals surface area contributed by atoms with Crippen molar-refractivity contribution in [3.8, 4) is 0 Å². The summed E-state index contributed by atoms with van der Waals surface area (Å²) in [5, 5.41) is 0. The summed E-state index contributed by atoms with van der Waals surface area (Å²) in [6.07, 6.45) is 1.32. The van der Waals surface area contributed by atoms with Gasteiger partial charge in [0.2, 0.25) is 0 Å². The minimum absolute atomic E-state index is 0.259. The maximum absolute atomic E-state index is 13.0. The van der Waals surface area contributed by atoms with Gasteiger partial charge in [-0.25, -0.2) is 13.6 Å². The lowest BCUT2D eigenvalue weighted by molar-refractivity contribution is -0.137. The first kappa shape index (κ1) is 14.9. The van der Waals surface area contributed by atoms with Crippen LogP contribution in [0, 0.1) is 11.6 Å². The highest BCUT2D eigenvalue weighted by Gasteiger charge is 2.09. The van der Waals surface area contributed by atoms with Gasteiger partial charge in [-0.1, -0.05) is 24.3 Å². The predicted molar refractivity (Wildman–Crippen MR) is 76.5 cm³/mol. The van der Waals surface area contributed by atoms with Gasteiger partial charge in [-0.05, 0) is 47.9 Å². The first-order chi connectivity index (χ1) is 10.1. The molecule has 2 aromatic carbocycles. The molecule has 0 saturated heterocycles. The van der Waals surface area contributed by atoms with E-state index in [1.54, 1.807) is 31.2 Å². The van der Waals surface area contributed by atoms with E-state index in [9.17, 15) is 13.6 Å². The van der Waals surface area contributed by atoms with Crippen LogP contribution in [0.2, 0.25) is 0 Å². The molecule has 0 N–H and O–H groups in total. The molecule has 2 nitrogen and oxygen atoms in total. The van der Waals surface area contributed by atoms with E-state index >= 15 is 0 Å². The molecule has 21 heavy (non-hydrogen) atoms. The molecule has 0 bridgehead atoms. The van der Waals surface area contributed by atoms with Gasteiger partial charge in [0, 0.05) is 6.08 Å². The standard InChI is InChI=1S/C17H14F2O2/c1-2-21-17(20)11-16(12-3-7-14(18)8-4-12)13-5-9-15(19)10-6-13/h3-11H,2H2,1H3. The fourth-order valence-electron chi connectivity index (χ4n) is 1.89. The van der Waals surface area contributed by atoms with Crippen molar-refractivity contribution >= 4 is 11.5 Å². The van der Waals surface area contributed by atoms with Gasteiger partial charge >= 0.3 is 5.97 Å². The first-order valence-corrected chi connectivity index (χ1v) is 6.50. The molecule has 0 saturated carbocycles. The van der Waals surface area contributed by atoms with E-state index in [1.165, 1.54) is 30.3 Å². The summed E-state index contributed by atoms with van der Waals surface area (Å²) in [7, 11) is 0. The lowest BCUT2D eigenvalue weighted by atomic mass is 9.97. The Hall–Kier alpha value is -2.49. The van der Waals surface area contributed by atoms with E-state index in [0.29, 0.717) is 16.7 Å². The maximum atomic E-state index is 13.0. The van der Waals surface area contributed by atoms with E-state index < -0.39 is 5.97 Å². The zero-order chi connectivity index (χ0) is 15.2. The Kier molecular flexibility index (Phi) is 4.82. The van der Waals surface area contributed by atoms with Crippen LogP contribution in [0.4, 0.5) is 8.78 Å². The van der Waals surface area contributed by atoms with Crippen molar-refractivity contribution in [1.82, 2.24) is 0 Å². The van der Waals surface area contributed by atoms with Crippen LogP contribution in [-0.4, -0.2) is 12.6 Å². The van der Waals surface area contributed by atoms with Crippen molar-refractivity contribution in [3.05, 3.63) is 77.4 Å². The van der Waals surface area contributed by atoms with Gasteiger partial charge in [-0.3, -0.25) is 0 Å². The van der Waals surface area contributed by atoms with Crippen LogP contribution in [0.15, 0.2) is 54.6 Å². The second-order valence-corrected chi connectivity index (χ2v) is 4.32. The summed E-state index contributed by atoms with van der Waals surface area (Å²) >= 11 is 0. The predicted octanol–water partition coefficient (Wildman–Crippen LogP) is 3.96. The molecule has 4 heteroatoms. The van der Waals surface area contributed by atoms with Crippen LogP contribution in [0.5, 0.6) is 0 Å². The van der Waals surface area contributed by atoms with Gasteiger partial charge in [0.05, 0.1) is 6.61 Å². The minimum Gasteiger partial charge on any atom is -0.463 e. The van der Waals surface area contributed by atoms with E-state index in [4.69, 9.17) is 4.74 Å². The van der Waals surface area contributed by atoms with Crippen molar-refractivity contribution in [1.29, 1.82) is 0 Å². The second kappa shape index (κ2) is 6.79. The Morgan fingerprint density at radius 3 is 1.76 bits per heavy atom. The van der Waals surface area contributed by atoms with Crippen LogP contribution >= 0.6 is 0 Å². The monoisotopic (exact) mass is 288 g/mol. The minimum atomic E-state index is -0.499. The molecule has 108 valence electrons. The Morgan fingerprint density at radius 1 is 0.952 bits per heavy atom. The molecule has 0 aliphatic carbocycles. The van der Waals surface area contributed by atoms with E-state index in [2.05, 4.69) is 0 Å². The summed E-state index contributed by atoms with van der Waals surface area (Å²) in [6.45, 7) is 1.97. The average Bonchev–Trinajstić information content (AvgIpc) is 2.47. The Bertz CT molecular complexity index is 596. The quantitative estimate of drug-likeness (QED) is 0.629. The highest BCUT2D eigenvalue weighted by Crippen LogP contribution is 2.24. The molecule has 2 rings (SSSR count). The maximum Gasteiger partial charge on any atom is 0.331 e. The average molecular weight is 288 g/mol. The number of halogens is 2. The highest BCUT2D eigenvalue weighted by atomic mass is 19.1. The Morgan fingerprint density at radius 2 is 1.38 bits per heavy atom. The van der Waals surface area contributed by atoms with Gasteiger partial charge in [0.1, 0.15) is 11.6 Å². The van der Waals surface area contributed by atoms with Gasteiger partial charge < -0.3 is 4.74 Å². The lowest BCUT2D eigenvalue weighted by Gasteiger charge is -2.08. The molecule has 0 aromatic heterocycles. The van der Waals surface area contributed by atoms with Crippen molar-refractivity contribution in [3.63, 3.8) is 0 Å². The molecule has 0 fully saturated rings. The number of hydrogen-bond acceptors (Lipinski definition) is 2. The third kappa shape index (κ3) is 3.99. The third-order valence-electron chi connectivity index (χ3n) is 2.86. The lowest BCUT2D eigenvalue weighted by Crippen LogP contribution is -2.02. The molecule has 2 aromatic rings. The summed E-state index contributed by atoms with van der Waals surface area (Å²) in [6, 6.07) is 11.5. The number of carbonyl (C=O) groups excluding carboxylic acids is 1. The normalized spacial score (nSPS) is 10.0. The second-order valence-electron chi connectivity index (χ2n) is 4.32. The van der Waals surface area contributed by atoms with Crippen molar-refractivity contribution in [2.45, 2.75) is 6.92 Å². The van der Waals surface area contributed by atoms with Crippen molar-refractivity contribution < 1.29 is 18.3 Å². The SMILES string of the molecule is CCOC(=O)C=C(c1ccc(F)cc1)c1ccc(F)cc1. The van der Waals surface area contributed by atoms with E-state index in [-0.39, 0.29) is 18.2 Å². The number of benzene rings is 2. The zero-order valence-corrected chi connectivity index (χ0v) is 11.5. The van der Waals surface area contributed by atoms with E-state index in [1.807, 2.05) is 0 Å². The summed E-state index contributed by atoms with van der Waals surface area (Å²) < 4.78 is 31.0. The smallest absolute Gasteiger partial charge is 0.331 e. The molecule has 0 heterocycles. The molecule has 0 spiro atoms. The van der Waals surface area contributed by atoms with Crippen LogP contribution in [0.25, 0.3) is 5.57 Å². The molecule has 0 unspecified atom stereocenters. The summed E-state index contributed by atoms with van der Waals surface area (Å²) in [4.78, 5) is 11.7. The van der Waals surface area contributed by atoms with Crippen LogP contribution in [0.3, 0.4) is 0 Å². The summed E-state index contributed by atoms with van der Waals surface area (Å²) in [5.41, 5.74) is 1.85. The number of hydrogen-bond donors (Lipinski definition) is 0. The molecular weight excluding hydrogens is 274 g/mol. The molecular formula is C17H14F2O2. The highest BCUT2D eigenvalue weighted by molar-refractivity contribution is 5.96. The molecule has 0 aliphatic rings. The van der Waals surface area contributed by atoms with Gasteiger partial charge in [-0.15, -0.1) is 0 Å². The van der Waals surface area contributed by atoms with Crippen molar-refractivity contribution in [2.24, 2.45) is 0 Å². The fourth-order valence-corrected chi connectivity index (χ4v) is 1.89. The van der Waals surface area contributed by atoms with Crippen molar-refractivity contribution in [2.75, 3.05) is 6.61 Å². The third-order valence-corrected chi connectivity index (χ3v) is 2.86. The number of esters is 1. The van der Waals surface area contributed by atoms with Crippen LogP contribution in [-0.2, 0) is 9.53 Å². The number of carbonyl (C=O) groups is 1. The molecule has 0 radical (unpaired) electrons. The molecule has 0 aliphatic heterocycles. The first-order valence-electron chi connectivity index (χ1n) is 6.50. The molecule has 0 atom stereocenters. The largest absolute Gasteiger partial charge is 0.463 e. The van der Waals surface area contributed by atoms with Gasteiger partial charge in [0.25, 0.3) is 0 Å². The number of rotatable bonds is 4. The van der Waals surface area contributed by atoms with E-state index in [0.717, 1.165) is 0 Å². The van der Waals surface area contributed by atoms with Crippen LogP contribution in [0.1, 0.15) is 18.1 Å². The number of ether oxygens (including phenoxy) is 1. The van der Waals surface area contributed by atoms with Gasteiger partial charge in [-0.2, -0.15) is 0 Å². The Labute approximate surface area is 121 Å². The van der Waals surface area contributed by atoms with Crippen LogP contribution < -0.4 is 0 Å². The molecule has 0 amide bonds. The zero-order valence-electron chi connectivity index (χ0n) is 11.5. The summed E-state index contributed by atoms with van der Waals surface area (Å²) in [5.74, 6) is -1.23. The fraction of sp³-hybridized carbons (Fsp3) is 0.118. The van der Waals surface area contributed by atoms with Gasteiger partial charge in [0.15, 0.2) is 0 Å². The topological polar surface area (TPSA) is 26.3 Å².